The van der Waals surface area contributed by atoms with Crippen LogP contribution in [0.5, 0.6) is 0 Å². The Hall–Kier alpha value is -2.06. The number of rotatable bonds is 5. The van der Waals surface area contributed by atoms with Crippen molar-refractivity contribution in [1.29, 1.82) is 0 Å². The molecule has 2 N–H and O–H groups in total. The van der Waals surface area contributed by atoms with Crippen LogP contribution in [0.15, 0.2) is 41.4 Å². The molecule has 0 saturated heterocycles. The Labute approximate surface area is 132 Å². The maximum absolute atomic E-state index is 13.8. The van der Waals surface area contributed by atoms with E-state index in [1.165, 1.54) is 25.3 Å². The minimum absolute atomic E-state index is 0.0321. The van der Waals surface area contributed by atoms with Gasteiger partial charge in [0, 0.05) is 30.6 Å². The number of aromatic nitrogens is 1. The molecule has 0 aliphatic rings. The van der Waals surface area contributed by atoms with Gasteiger partial charge in [0.2, 0.25) is 0 Å². The van der Waals surface area contributed by atoms with Gasteiger partial charge in [-0.15, -0.1) is 0 Å². The highest BCUT2D eigenvalue weighted by molar-refractivity contribution is 7.90. The molecule has 5 nitrogen and oxygen atoms in total. The third-order valence-corrected chi connectivity index (χ3v) is 4.41. The molecule has 1 heterocycles. The lowest BCUT2D eigenvalue weighted by Gasteiger charge is -2.25. The van der Waals surface area contributed by atoms with Crippen LogP contribution in [0.1, 0.15) is 12.5 Å². The highest BCUT2D eigenvalue weighted by Gasteiger charge is 2.27. The van der Waals surface area contributed by atoms with Crippen molar-refractivity contribution in [2.75, 3.05) is 18.1 Å². The van der Waals surface area contributed by atoms with E-state index in [0.717, 1.165) is 18.4 Å². The number of hydrogen-bond donors (Lipinski definition) is 2. The van der Waals surface area contributed by atoms with Gasteiger partial charge in [-0.1, -0.05) is 6.07 Å². The maximum atomic E-state index is 13.8. The highest BCUT2D eigenvalue weighted by atomic mass is 32.2. The van der Waals surface area contributed by atoms with Crippen molar-refractivity contribution in [3.63, 3.8) is 0 Å². The second-order valence-electron chi connectivity index (χ2n) is 5.37. The average molecular weight is 342 g/mol. The monoisotopic (exact) mass is 342 g/mol. The lowest BCUT2D eigenvalue weighted by molar-refractivity contribution is 0.0673. The standard InChI is InChI=1S/C15H16F2N2O3S/c1-15(20,11-6-5-10(16)8-12(11)17)9-19-14-13(23(2,21)22)4-3-7-18-14/h3-8,20H,9H2,1-2H3,(H,18,19). The zero-order valence-corrected chi connectivity index (χ0v) is 13.4. The SMILES string of the molecule is CC(O)(CNc1ncccc1S(C)(=O)=O)c1ccc(F)cc1F. The number of sulfone groups is 1. The van der Waals surface area contributed by atoms with Crippen molar-refractivity contribution >= 4 is 15.7 Å². The van der Waals surface area contributed by atoms with E-state index in [1.54, 1.807) is 0 Å². The van der Waals surface area contributed by atoms with Gasteiger partial charge in [0.1, 0.15) is 27.9 Å². The summed E-state index contributed by atoms with van der Waals surface area (Å²) < 4.78 is 50.1. The summed E-state index contributed by atoms with van der Waals surface area (Å²) in [6.07, 6.45) is 2.43. The summed E-state index contributed by atoms with van der Waals surface area (Å²) in [5.74, 6) is -1.59. The molecular formula is C15H16F2N2O3S. The molecule has 124 valence electrons. The smallest absolute Gasteiger partial charge is 0.179 e. The maximum Gasteiger partial charge on any atom is 0.179 e. The topological polar surface area (TPSA) is 79.3 Å². The Kier molecular flexibility index (Phi) is 4.67. The van der Waals surface area contributed by atoms with Gasteiger partial charge in [-0.3, -0.25) is 0 Å². The van der Waals surface area contributed by atoms with E-state index < -0.39 is 27.1 Å². The van der Waals surface area contributed by atoms with Crippen molar-refractivity contribution in [2.45, 2.75) is 17.4 Å². The molecule has 0 bridgehead atoms. The van der Waals surface area contributed by atoms with Crippen LogP contribution in [0.25, 0.3) is 0 Å². The van der Waals surface area contributed by atoms with E-state index >= 15 is 0 Å². The number of pyridine rings is 1. The summed E-state index contributed by atoms with van der Waals surface area (Å²) in [5.41, 5.74) is -1.80. The molecule has 1 unspecified atom stereocenters. The van der Waals surface area contributed by atoms with Gasteiger partial charge in [-0.25, -0.2) is 22.2 Å². The number of benzene rings is 1. The second-order valence-corrected chi connectivity index (χ2v) is 7.36. The van der Waals surface area contributed by atoms with Crippen molar-refractivity contribution < 1.29 is 22.3 Å². The lowest BCUT2D eigenvalue weighted by atomic mass is 9.95. The van der Waals surface area contributed by atoms with E-state index in [-0.39, 0.29) is 22.8 Å². The van der Waals surface area contributed by atoms with Crippen molar-refractivity contribution in [3.8, 4) is 0 Å². The second kappa shape index (κ2) is 6.21. The van der Waals surface area contributed by atoms with Crippen molar-refractivity contribution in [3.05, 3.63) is 53.7 Å². The zero-order chi connectivity index (χ0) is 17.3. The Balaban J connectivity index is 2.27. The molecular weight excluding hydrogens is 326 g/mol. The number of halogens is 2. The fourth-order valence-electron chi connectivity index (χ4n) is 2.10. The van der Waals surface area contributed by atoms with E-state index in [9.17, 15) is 22.3 Å². The molecule has 0 spiro atoms. The van der Waals surface area contributed by atoms with E-state index in [0.29, 0.717) is 6.07 Å². The number of nitrogens with zero attached hydrogens (tertiary/aromatic N) is 1. The number of hydrogen-bond acceptors (Lipinski definition) is 5. The first-order valence-corrected chi connectivity index (χ1v) is 8.57. The van der Waals surface area contributed by atoms with Crippen LogP contribution >= 0.6 is 0 Å². The average Bonchev–Trinajstić information content (AvgIpc) is 2.44. The summed E-state index contributed by atoms with van der Waals surface area (Å²) in [6.45, 7) is 1.12. The molecule has 0 radical (unpaired) electrons. The van der Waals surface area contributed by atoms with Crippen molar-refractivity contribution in [2.24, 2.45) is 0 Å². The minimum Gasteiger partial charge on any atom is -0.383 e. The first-order valence-electron chi connectivity index (χ1n) is 6.68. The van der Waals surface area contributed by atoms with Gasteiger partial charge in [-0.05, 0) is 25.1 Å². The van der Waals surface area contributed by atoms with E-state index in [1.807, 2.05) is 0 Å². The summed E-state index contributed by atoms with van der Waals surface area (Å²) in [6, 6.07) is 5.70. The van der Waals surface area contributed by atoms with Gasteiger partial charge in [-0.2, -0.15) is 0 Å². The molecule has 0 amide bonds. The molecule has 0 fully saturated rings. The molecule has 2 aromatic rings. The number of aliphatic hydroxyl groups is 1. The summed E-state index contributed by atoms with van der Waals surface area (Å²) in [4.78, 5) is 3.89. The Morgan fingerprint density at radius 1 is 1.30 bits per heavy atom. The lowest BCUT2D eigenvalue weighted by Crippen LogP contribution is -2.32. The van der Waals surface area contributed by atoms with Crippen LogP contribution in [0.2, 0.25) is 0 Å². The third-order valence-electron chi connectivity index (χ3n) is 3.28. The quantitative estimate of drug-likeness (QED) is 0.870. The molecule has 2 rings (SSSR count). The van der Waals surface area contributed by atoms with Gasteiger partial charge < -0.3 is 10.4 Å². The molecule has 1 aromatic heterocycles. The highest BCUT2D eigenvalue weighted by Crippen LogP contribution is 2.26. The number of nitrogens with one attached hydrogen (secondary N) is 1. The first kappa shape index (κ1) is 17.3. The zero-order valence-electron chi connectivity index (χ0n) is 12.5. The Morgan fingerprint density at radius 3 is 2.61 bits per heavy atom. The van der Waals surface area contributed by atoms with E-state index in [2.05, 4.69) is 10.3 Å². The van der Waals surface area contributed by atoms with Gasteiger partial charge in [0.15, 0.2) is 9.84 Å². The molecule has 0 aliphatic heterocycles. The fourth-order valence-corrected chi connectivity index (χ4v) is 2.90. The molecule has 1 aromatic carbocycles. The molecule has 1 atom stereocenters. The van der Waals surface area contributed by atoms with Gasteiger partial charge in [0.25, 0.3) is 0 Å². The largest absolute Gasteiger partial charge is 0.383 e. The van der Waals surface area contributed by atoms with E-state index in [4.69, 9.17) is 0 Å². The van der Waals surface area contributed by atoms with Gasteiger partial charge in [0.05, 0.1) is 0 Å². The Bertz CT molecular complexity index is 823. The number of anilines is 1. The van der Waals surface area contributed by atoms with Crippen LogP contribution in [0.3, 0.4) is 0 Å². The normalized spacial score (nSPS) is 14.3. The molecule has 0 saturated carbocycles. The minimum atomic E-state index is -3.51. The molecule has 8 heteroatoms. The van der Waals surface area contributed by atoms with Crippen molar-refractivity contribution in [1.82, 2.24) is 4.98 Å². The summed E-state index contributed by atoms with van der Waals surface area (Å²) in [7, 11) is -3.51. The van der Waals surface area contributed by atoms with Crippen LogP contribution in [0.4, 0.5) is 14.6 Å². The van der Waals surface area contributed by atoms with Crippen LogP contribution in [0, 0.1) is 11.6 Å². The predicted molar refractivity (Wildman–Crippen MR) is 81.8 cm³/mol. The first-order chi connectivity index (χ1) is 10.6. The molecule has 23 heavy (non-hydrogen) atoms. The third kappa shape index (κ3) is 4.02. The summed E-state index contributed by atoms with van der Waals surface area (Å²) >= 11 is 0. The Morgan fingerprint density at radius 2 is 2.00 bits per heavy atom. The van der Waals surface area contributed by atoms with Crippen LogP contribution in [-0.4, -0.2) is 31.3 Å². The summed E-state index contributed by atoms with van der Waals surface area (Å²) in [5, 5.41) is 13.1. The van der Waals surface area contributed by atoms with Gasteiger partial charge >= 0.3 is 0 Å². The fraction of sp³-hybridized carbons (Fsp3) is 0.267. The molecule has 0 aliphatic carbocycles. The predicted octanol–water partition coefficient (Wildman–Crippen LogP) is 2.08. The van der Waals surface area contributed by atoms with Crippen LogP contribution < -0.4 is 5.32 Å². The van der Waals surface area contributed by atoms with Crippen LogP contribution in [-0.2, 0) is 15.4 Å².